The highest BCUT2D eigenvalue weighted by molar-refractivity contribution is 5.98. The fourth-order valence-corrected chi connectivity index (χ4v) is 2.82. The summed E-state index contributed by atoms with van der Waals surface area (Å²) in [6.07, 6.45) is 4.70. The molecule has 2 amide bonds. The molecule has 2 heterocycles. The minimum Gasteiger partial charge on any atom is -0.346 e. The molecule has 1 aromatic heterocycles. The van der Waals surface area contributed by atoms with Crippen molar-refractivity contribution in [2.24, 2.45) is 0 Å². The van der Waals surface area contributed by atoms with E-state index in [0.29, 0.717) is 17.8 Å². The van der Waals surface area contributed by atoms with Crippen molar-refractivity contribution in [3.63, 3.8) is 0 Å². The number of nitrogens with one attached hydrogen (secondary N) is 3. The molecule has 6 heteroatoms. The zero-order valence-corrected chi connectivity index (χ0v) is 14.0. The van der Waals surface area contributed by atoms with Gasteiger partial charge in [0.05, 0.1) is 18.3 Å². The van der Waals surface area contributed by atoms with Gasteiger partial charge in [0.2, 0.25) is 5.91 Å². The number of aromatic nitrogens is 1. The number of pyridine rings is 1. The molecule has 3 N–H and O–H groups in total. The average molecular weight is 338 g/mol. The van der Waals surface area contributed by atoms with Crippen LogP contribution in [0.5, 0.6) is 0 Å². The van der Waals surface area contributed by atoms with Gasteiger partial charge < -0.3 is 16.0 Å². The standard InChI is InChI=1S/C19H22N4O2/c24-18(22-13-16-7-1-3-10-20-16)14-6-5-8-15(12-14)23-19(25)17-9-2-4-11-21-17/h1,3,5-8,10,12,17,21H,2,4,9,11,13H2,(H,22,24)(H,23,25)/t17-/m1/s1. The number of amides is 2. The molecular weight excluding hydrogens is 316 g/mol. The van der Waals surface area contributed by atoms with E-state index in [2.05, 4.69) is 20.9 Å². The lowest BCUT2D eigenvalue weighted by molar-refractivity contribution is -0.118. The lowest BCUT2D eigenvalue weighted by atomic mass is 10.0. The Balaban J connectivity index is 1.58. The Labute approximate surface area is 147 Å². The van der Waals surface area contributed by atoms with Gasteiger partial charge in [-0.15, -0.1) is 0 Å². The van der Waals surface area contributed by atoms with E-state index in [1.165, 1.54) is 0 Å². The fraction of sp³-hybridized carbons (Fsp3) is 0.316. The molecule has 1 aromatic carbocycles. The van der Waals surface area contributed by atoms with Crippen molar-refractivity contribution in [2.45, 2.75) is 31.8 Å². The molecule has 1 saturated heterocycles. The Morgan fingerprint density at radius 2 is 2.08 bits per heavy atom. The third kappa shape index (κ3) is 4.87. The van der Waals surface area contributed by atoms with E-state index in [9.17, 15) is 9.59 Å². The fourth-order valence-electron chi connectivity index (χ4n) is 2.82. The van der Waals surface area contributed by atoms with E-state index in [1.54, 1.807) is 30.5 Å². The first kappa shape index (κ1) is 17.1. The van der Waals surface area contributed by atoms with Gasteiger partial charge in [-0.05, 0) is 49.7 Å². The number of piperidine rings is 1. The number of hydrogen-bond donors (Lipinski definition) is 3. The number of hydrogen-bond acceptors (Lipinski definition) is 4. The number of benzene rings is 1. The third-order valence-electron chi connectivity index (χ3n) is 4.18. The van der Waals surface area contributed by atoms with Gasteiger partial charge in [0.1, 0.15) is 0 Å². The predicted molar refractivity (Wildman–Crippen MR) is 96.1 cm³/mol. The molecule has 0 saturated carbocycles. The summed E-state index contributed by atoms with van der Waals surface area (Å²) < 4.78 is 0. The summed E-state index contributed by atoms with van der Waals surface area (Å²) in [6.45, 7) is 1.23. The number of nitrogens with zero attached hydrogens (tertiary/aromatic N) is 1. The Morgan fingerprint density at radius 3 is 2.84 bits per heavy atom. The minimum atomic E-state index is -0.197. The van der Waals surface area contributed by atoms with Crippen LogP contribution in [0.3, 0.4) is 0 Å². The van der Waals surface area contributed by atoms with E-state index < -0.39 is 0 Å². The van der Waals surface area contributed by atoms with Crippen LogP contribution in [0.25, 0.3) is 0 Å². The summed E-state index contributed by atoms with van der Waals surface area (Å²) in [7, 11) is 0. The molecule has 0 unspecified atom stereocenters. The maximum absolute atomic E-state index is 12.3. The monoisotopic (exact) mass is 338 g/mol. The van der Waals surface area contributed by atoms with Crippen molar-refractivity contribution in [2.75, 3.05) is 11.9 Å². The molecule has 0 bridgehead atoms. The van der Waals surface area contributed by atoms with Crippen LogP contribution >= 0.6 is 0 Å². The summed E-state index contributed by atoms with van der Waals surface area (Å²) >= 11 is 0. The normalized spacial score (nSPS) is 16.9. The summed E-state index contributed by atoms with van der Waals surface area (Å²) in [5, 5.41) is 8.94. The van der Waals surface area contributed by atoms with Gasteiger partial charge in [-0.3, -0.25) is 14.6 Å². The molecule has 6 nitrogen and oxygen atoms in total. The zero-order chi connectivity index (χ0) is 17.5. The van der Waals surface area contributed by atoms with Crippen molar-refractivity contribution in [3.05, 3.63) is 59.9 Å². The summed E-state index contributed by atoms with van der Waals surface area (Å²) in [4.78, 5) is 28.7. The van der Waals surface area contributed by atoms with E-state index in [0.717, 1.165) is 31.5 Å². The van der Waals surface area contributed by atoms with Crippen LogP contribution in [-0.4, -0.2) is 29.4 Å². The van der Waals surface area contributed by atoms with Gasteiger partial charge >= 0.3 is 0 Å². The Bertz CT molecular complexity index is 727. The second-order valence-corrected chi connectivity index (χ2v) is 6.08. The Hall–Kier alpha value is -2.73. The van der Waals surface area contributed by atoms with Crippen molar-refractivity contribution < 1.29 is 9.59 Å². The molecule has 130 valence electrons. The smallest absolute Gasteiger partial charge is 0.251 e. The van der Waals surface area contributed by atoms with Crippen molar-refractivity contribution in [1.29, 1.82) is 0 Å². The molecule has 1 atom stereocenters. The van der Waals surface area contributed by atoms with Crippen LogP contribution in [0.2, 0.25) is 0 Å². The Kier molecular flexibility index (Phi) is 5.74. The maximum Gasteiger partial charge on any atom is 0.251 e. The van der Waals surface area contributed by atoms with E-state index in [-0.39, 0.29) is 17.9 Å². The molecule has 3 rings (SSSR count). The number of anilines is 1. The molecular formula is C19H22N4O2. The van der Waals surface area contributed by atoms with Crippen molar-refractivity contribution in [1.82, 2.24) is 15.6 Å². The molecule has 2 aromatic rings. The SMILES string of the molecule is O=C(NCc1ccccn1)c1cccc(NC(=O)[C@H]2CCCCN2)c1. The van der Waals surface area contributed by atoms with E-state index in [4.69, 9.17) is 0 Å². The molecule has 1 aliphatic rings. The highest BCUT2D eigenvalue weighted by Crippen LogP contribution is 2.14. The highest BCUT2D eigenvalue weighted by atomic mass is 16.2. The summed E-state index contributed by atoms with van der Waals surface area (Å²) in [6, 6.07) is 12.4. The van der Waals surface area contributed by atoms with Crippen molar-refractivity contribution >= 4 is 17.5 Å². The van der Waals surface area contributed by atoms with Gasteiger partial charge in [-0.2, -0.15) is 0 Å². The summed E-state index contributed by atoms with van der Waals surface area (Å²) in [5.74, 6) is -0.247. The first-order valence-corrected chi connectivity index (χ1v) is 8.55. The topological polar surface area (TPSA) is 83.1 Å². The van der Waals surface area contributed by atoms with Crippen LogP contribution in [-0.2, 0) is 11.3 Å². The van der Waals surface area contributed by atoms with Crippen LogP contribution in [0, 0.1) is 0 Å². The number of carbonyl (C=O) groups excluding carboxylic acids is 2. The van der Waals surface area contributed by atoms with Gasteiger partial charge in [-0.25, -0.2) is 0 Å². The third-order valence-corrected chi connectivity index (χ3v) is 4.18. The van der Waals surface area contributed by atoms with Crippen LogP contribution in [0.15, 0.2) is 48.7 Å². The largest absolute Gasteiger partial charge is 0.346 e. The van der Waals surface area contributed by atoms with Gasteiger partial charge in [-0.1, -0.05) is 18.6 Å². The maximum atomic E-state index is 12.3. The number of carbonyl (C=O) groups is 2. The molecule has 0 spiro atoms. The van der Waals surface area contributed by atoms with Gasteiger partial charge in [0.15, 0.2) is 0 Å². The second kappa shape index (κ2) is 8.39. The second-order valence-electron chi connectivity index (χ2n) is 6.08. The van der Waals surface area contributed by atoms with Crippen LogP contribution in [0.4, 0.5) is 5.69 Å². The quantitative estimate of drug-likeness (QED) is 0.779. The predicted octanol–water partition coefficient (Wildman–Crippen LogP) is 2.09. The van der Waals surface area contributed by atoms with Gasteiger partial charge in [0.25, 0.3) is 5.91 Å². The molecule has 1 fully saturated rings. The van der Waals surface area contributed by atoms with E-state index >= 15 is 0 Å². The minimum absolute atomic E-state index is 0.0502. The lowest BCUT2D eigenvalue weighted by Crippen LogP contribution is -2.43. The highest BCUT2D eigenvalue weighted by Gasteiger charge is 2.20. The number of rotatable bonds is 5. The molecule has 0 aliphatic carbocycles. The lowest BCUT2D eigenvalue weighted by Gasteiger charge is -2.22. The summed E-state index contributed by atoms with van der Waals surface area (Å²) in [5.41, 5.74) is 1.93. The first-order chi connectivity index (χ1) is 12.2. The van der Waals surface area contributed by atoms with Gasteiger partial charge in [0, 0.05) is 17.4 Å². The van der Waals surface area contributed by atoms with E-state index in [1.807, 2.05) is 18.2 Å². The van der Waals surface area contributed by atoms with Crippen molar-refractivity contribution in [3.8, 4) is 0 Å². The average Bonchev–Trinajstić information content (AvgIpc) is 2.68. The molecule has 25 heavy (non-hydrogen) atoms. The Morgan fingerprint density at radius 1 is 1.16 bits per heavy atom. The van der Waals surface area contributed by atoms with Crippen LogP contribution < -0.4 is 16.0 Å². The van der Waals surface area contributed by atoms with Crippen LogP contribution in [0.1, 0.15) is 35.3 Å². The first-order valence-electron chi connectivity index (χ1n) is 8.55. The molecule has 0 radical (unpaired) electrons. The molecule has 1 aliphatic heterocycles. The zero-order valence-electron chi connectivity index (χ0n) is 14.0.